The number of amides is 3. The molecule has 5 N–H and O–H groups in total. The molecule has 0 aliphatic carbocycles. The highest BCUT2D eigenvalue weighted by Crippen LogP contribution is 1.93. The predicted octanol–water partition coefficient (Wildman–Crippen LogP) is -0.624. The van der Waals surface area contributed by atoms with Crippen LogP contribution in [0.4, 0.5) is 4.79 Å². The highest BCUT2D eigenvalue weighted by atomic mass is 16.4. The van der Waals surface area contributed by atoms with Gasteiger partial charge in [-0.2, -0.15) is 0 Å². The molecule has 0 rings (SSSR count). The molecule has 0 aliphatic heterocycles. The van der Waals surface area contributed by atoms with E-state index in [1.54, 1.807) is 0 Å². The number of carboxylic acid groups (broad SMARTS) is 2. The minimum Gasteiger partial charge on any atom is -0.481 e. The number of hydrogen-bond donors (Lipinski definition) is 5. The van der Waals surface area contributed by atoms with Gasteiger partial charge in [0.1, 0.15) is 6.04 Å². The Morgan fingerprint density at radius 3 is 2.14 bits per heavy atom. The van der Waals surface area contributed by atoms with Crippen LogP contribution < -0.4 is 16.0 Å². The summed E-state index contributed by atoms with van der Waals surface area (Å²) in [6, 6.07) is -2.35. The van der Waals surface area contributed by atoms with Crippen molar-refractivity contribution in [2.45, 2.75) is 32.7 Å². The maximum atomic E-state index is 11.4. The lowest BCUT2D eigenvalue weighted by molar-refractivity contribution is -0.145. The molecule has 0 aromatic rings. The Morgan fingerprint density at radius 1 is 1.05 bits per heavy atom. The fourth-order valence-electron chi connectivity index (χ4n) is 1.28. The van der Waals surface area contributed by atoms with E-state index < -0.39 is 30.4 Å². The lowest BCUT2D eigenvalue weighted by Crippen LogP contribution is -2.47. The molecule has 0 aliphatic rings. The quantitative estimate of drug-likeness (QED) is 0.383. The van der Waals surface area contributed by atoms with Crippen molar-refractivity contribution in [3.63, 3.8) is 0 Å². The van der Waals surface area contributed by atoms with Gasteiger partial charge in [0.05, 0.1) is 6.42 Å². The Morgan fingerprint density at radius 2 is 1.67 bits per heavy atom. The van der Waals surface area contributed by atoms with Gasteiger partial charge in [-0.3, -0.25) is 9.59 Å². The molecule has 0 aromatic carbocycles. The average Bonchev–Trinajstić information content (AvgIpc) is 2.34. The third-order valence-corrected chi connectivity index (χ3v) is 2.33. The molecule has 1 atom stereocenters. The van der Waals surface area contributed by atoms with Crippen molar-refractivity contribution in [1.29, 1.82) is 0 Å². The summed E-state index contributed by atoms with van der Waals surface area (Å²) in [6.07, 6.45) is -0.672. The van der Waals surface area contributed by atoms with Gasteiger partial charge in [0.15, 0.2) is 0 Å². The highest BCUT2D eigenvalue weighted by Gasteiger charge is 2.22. The first kappa shape index (κ1) is 18.7. The number of urea groups is 1. The summed E-state index contributed by atoms with van der Waals surface area (Å²) in [6.45, 7) is 4.45. The van der Waals surface area contributed by atoms with Crippen LogP contribution in [0.5, 0.6) is 0 Å². The summed E-state index contributed by atoms with van der Waals surface area (Å²) in [7, 11) is 0. The van der Waals surface area contributed by atoms with Crippen LogP contribution in [0.15, 0.2) is 0 Å². The van der Waals surface area contributed by atoms with E-state index in [-0.39, 0.29) is 18.9 Å². The third-order valence-electron chi connectivity index (χ3n) is 2.33. The van der Waals surface area contributed by atoms with E-state index >= 15 is 0 Å². The fourth-order valence-corrected chi connectivity index (χ4v) is 1.28. The molecule has 0 heterocycles. The van der Waals surface area contributed by atoms with Gasteiger partial charge in [0.2, 0.25) is 5.91 Å². The molecule has 9 heteroatoms. The maximum absolute atomic E-state index is 11.4. The molecule has 0 saturated carbocycles. The van der Waals surface area contributed by atoms with Crippen molar-refractivity contribution in [3.05, 3.63) is 0 Å². The van der Waals surface area contributed by atoms with Crippen LogP contribution in [0.25, 0.3) is 0 Å². The molecular formula is C12H21N3O6. The summed E-state index contributed by atoms with van der Waals surface area (Å²) in [5.41, 5.74) is 0. The number of hydrogen-bond acceptors (Lipinski definition) is 4. The van der Waals surface area contributed by atoms with Crippen LogP contribution in [0, 0.1) is 5.92 Å². The molecule has 0 saturated heterocycles. The standard InChI is InChI=1S/C12H21N3O6/c1-7(2)6-14-9(16)3-4-13-12(21)15-8(11(19)20)5-10(17)18/h7-8H,3-6H2,1-2H3,(H,14,16)(H,17,18)(H,19,20)(H2,13,15,21)/t8-/m0/s1. The highest BCUT2D eigenvalue weighted by molar-refractivity contribution is 5.86. The number of carbonyl (C=O) groups excluding carboxylic acids is 2. The number of carboxylic acids is 2. The van der Waals surface area contributed by atoms with Crippen molar-refractivity contribution in [2.24, 2.45) is 5.92 Å². The Labute approximate surface area is 122 Å². The Kier molecular flexibility index (Phi) is 8.51. The second-order valence-electron chi connectivity index (χ2n) is 4.84. The average molecular weight is 303 g/mol. The van der Waals surface area contributed by atoms with Gasteiger partial charge >= 0.3 is 18.0 Å². The van der Waals surface area contributed by atoms with Gasteiger partial charge in [0.25, 0.3) is 0 Å². The molecule has 120 valence electrons. The van der Waals surface area contributed by atoms with Crippen LogP contribution >= 0.6 is 0 Å². The van der Waals surface area contributed by atoms with Gasteiger partial charge in [-0.1, -0.05) is 13.8 Å². The van der Waals surface area contributed by atoms with Gasteiger partial charge in [0, 0.05) is 19.5 Å². The Bertz CT molecular complexity index is 396. The second kappa shape index (κ2) is 9.56. The van der Waals surface area contributed by atoms with E-state index in [2.05, 4.69) is 10.6 Å². The van der Waals surface area contributed by atoms with E-state index in [9.17, 15) is 19.2 Å². The monoisotopic (exact) mass is 303 g/mol. The molecule has 0 radical (unpaired) electrons. The van der Waals surface area contributed by atoms with E-state index in [1.165, 1.54) is 0 Å². The minimum atomic E-state index is -1.52. The summed E-state index contributed by atoms with van der Waals surface area (Å²) in [5, 5.41) is 24.2. The van der Waals surface area contributed by atoms with Crippen LogP contribution in [-0.4, -0.2) is 53.2 Å². The Hall–Kier alpha value is -2.32. The zero-order valence-electron chi connectivity index (χ0n) is 12.0. The topological polar surface area (TPSA) is 145 Å². The van der Waals surface area contributed by atoms with Crippen LogP contribution in [0.1, 0.15) is 26.7 Å². The van der Waals surface area contributed by atoms with E-state index in [0.29, 0.717) is 12.5 Å². The van der Waals surface area contributed by atoms with Crippen LogP contribution in [0.2, 0.25) is 0 Å². The van der Waals surface area contributed by atoms with Crippen LogP contribution in [0.3, 0.4) is 0 Å². The third kappa shape index (κ3) is 10.2. The first-order valence-electron chi connectivity index (χ1n) is 6.48. The summed E-state index contributed by atoms with van der Waals surface area (Å²) in [4.78, 5) is 43.9. The van der Waals surface area contributed by atoms with Crippen molar-refractivity contribution in [2.75, 3.05) is 13.1 Å². The number of nitrogens with one attached hydrogen (secondary N) is 3. The number of rotatable bonds is 9. The van der Waals surface area contributed by atoms with Gasteiger partial charge < -0.3 is 26.2 Å². The summed E-state index contributed by atoms with van der Waals surface area (Å²) < 4.78 is 0. The second-order valence-corrected chi connectivity index (χ2v) is 4.84. The molecule has 0 unspecified atom stereocenters. The molecule has 0 aromatic heterocycles. The van der Waals surface area contributed by atoms with Crippen molar-refractivity contribution < 1.29 is 29.4 Å². The molecular weight excluding hydrogens is 282 g/mol. The van der Waals surface area contributed by atoms with E-state index in [1.807, 2.05) is 19.2 Å². The Balaban J connectivity index is 4.00. The molecule has 0 spiro atoms. The normalized spacial score (nSPS) is 11.6. The van der Waals surface area contributed by atoms with Crippen molar-refractivity contribution in [1.82, 2.24) is 16.0 Å². The number of carbonyl (C=O) groups is 4. The molecule has 21 heavy (non-hydrogen) atoms. The largest absolute Gasteiger partial charge is 0.481 e. The minimum absolute atomic E-state index is 0.0230. The summed E-state index contributed by atoms with van der Waals surface area (Å²) >= 11 is 0. The van der Waals surface area contributed by atoms with Crippen LogP contribution in [-0.2, 0) is 14.4 Å². The van der Waals surface area contributed by atoms with Crippen molar-refractivity contribution in [3.8, 4) is 0 Å². The maximum Gasteiger partial charge on any atom is 0.326 e. The SMILES string of the molecule is CC(C)CNC(=O)CCNC(=O)N[C@@H](CC(=O)O)C(=O)O. The zero-order valence-corrected chi connectivity index (χ0v) is 12.0. The lowest BCUT2D eigenvalue weighted by Gasteiger charge is -2.13. The summed E-state index contributed by atoms with van der Waals surface area (Å²) in [5.74, 6) is -2.69. The fraction of sp³-hybridized carbons (Fsp3) is 0.667. The van der Waals surface area contributed by atoms with Crippen molar-refractivity contribution >= 4 is 23.9 Å². The lowest BCUT2D eigenvalue weighted by atomic mass is 10.2. The first-order chi connectivity index (χ1) is 9.72. The first-order valence-corrected chi connectivity index (χ1v) is 6.48. The van der Waals surface area contributed by atoms with Gasteiger partial charge in [-0.15, -0.1) is 0 Å². The zero-order chi connectivity index (χ0) is 16.4. The number of aliphatic carboxylic acids is 2. The predicted molar refractivity (Wildman–Crippen MR) is 72.7 cm³/mol. The van der Waals surface area contributed by atoms with Gasteiger partial charge in [-0.25, -0.2) is 9.59 Å². The molecule has 0 bridgehead atoms. The van der Waals surface area contributed by atoms with Gasteiger partial charge in [-0.05, 0) is 5.92 Å². The van der Waals surface area contributed by atoms with E-state index in [0.717, 1.165) is 0 Å². The molecule has 9 nitrogen and oxygen atoms in total. The smallest absolute Gasteiger partial charge is 0.326 e. The molecule has 0 fully saturated rings. The molecule has 3 amide bonds. The van der Waals surface area contributed by atoms with E-state index in [4.69, 9.17) is 10.2 Å².